The predicted octanol–water partition coefficient (Wildman–Crippen LogP) is 18.0. The summed E-state index contributed by atoms with van der Waals surface area (Å²) in [4.78, 5) is 38.0. The minimum atomic E-state index is -0.807. The number of allylic oxidation sites excluding steroid dienone is 14. The fraction of sp³-hybridized carbons (Fsp3) is 0.712. The van der Waals surface area contributed by atoms with Gasteiger partial charge >= 0.3 is 17.9 Å². The average molecular weight is 905 g/mol. The van der Waals surface area contributed by atoms with Crippen LogP contribution < -0.4 is 0 Å². The molecule has 0 aromatic heterocycles. The topological polar surface area (TPSA) is 78.9 Å². The Morgan fingerprint density at radius 1 is 0.308 bits per heavy atom. The Labute approximate surface area is 401 Å². The molecule has 0 aromatic rings. The number of unbranched alkanes of at least 4 members (excludes halogenated alkanes) is 23. The fourth-order valence-electron chi connectivity index (χ4n) is 7.28. The maximum Gasteiger partial charge on any atom is 0.306 e. The van der Waals surface area contributed by atoms with Gasteiger partial charge in [0.25, 0.3) is 0 Å². The van der Waals surface area contributed by atoms with Crippen molar-refractivity contribution in [2.75, 3.05) is 13.2 Å². The van der Waals surface area contributed by atoms with Crippen LogP contribution in [0.2, 0.25) is 0 Å². The minimum Gasteiger partial charge on any atom is -0.462 e. The molecule has 0 unspecified atom stereocenters. The lowest BCUT2D eigenvalue weighted by molar-refractivity contribution is -0.166. The van der Waals surface area contributed by atoms with E-state index in [1.165, 1.54) is 128 Å². The van der Waals surface area contributed by atoms with Gasteiger partial charge in [-0.1, -0.05) is 228 Å². The monoisotopic (exact) mass is 905 g/mol. The molecule has 6 nitrogen and oxygen atoms in total. The molecule has 0 aliphatic carbocycles. The van der Waals surface area contributed by atoms with E-state index in [-0.39, 0.29) is 37.5 Å². The van der Waals surface area contributed by atoms with Gasteiger partial charge in [0.05, 0.1) is 0 Å². The van der Waals surface area contributed by atoms with Gasteiger partial charge in [0.2, 0.25) is 0 Å². The normalized spacial score (nSPS) is 12.7. The van der Waals surface area contributed by atoms with Crippen molar-refractivity contribution in [2.45, 2.75) is 258 Å². The van der Waals surface area contributed by atoms with Crippen molar-refractivity contribution in [1.82, 2.24) is 0 Å². The standard InChI is InChI=1S/C59H100O6/c1-4-7-10-13-16-19-22-24-26-28-29-31-33-35-38-40-43-46-49-52-58(61)64-55-56(65-59(62)53-50-47-44-41-36-21-18-15-12-9-6-3)54-63-57(60)51-48-45-42-39-37-34-32-30-27-25-23-20-17-14-11-8-5-2/h16-17,19-20,24-27,29,31,35,38,43,46,56H,4-15,18,21-23,28,30,32-34,36-37,39-42,44-45,47-55H2,1-3H3/b19-16-,20-17-,26-24-,27-25-,31-29-,38-35-,46-43-/t56-/m0/s1. The second-order valence-corrected chi connectivity index (χ2v) is 17.8. The summed E-state index contributed by atoms with van der Waals surface area (Å²) in [6.45, 7) is 6.51. The summed E-state index contributed by atoms with van der Waals surface area (Å²) in [5.74, 6) is -0.994. The van der Waals surface area contributed by atoms with Crippen molar-refractivity contribution in [3.05, 3.63) is 85.1 Å². The van der Waals surface area contributed by atoms with E-state index in [1.54, 1.807) is 0 Å². The van der Waals surface area contributed by atoms with E-state index in [9.17, 15) is 14.4 Å². The molecule has 0 bridgehead atoms. The molecule has 0 aromatic carbocycles. The van der Waals surface area contributed by atoms with Gasteiger partial charge in [0.1, 0.15) is 13.2 Å². The molecule has 0 aliphatic rings. The van der Waals surface area contributed by atoms with Crippen molar-refractivity contribution < 1.29 is 28.6 Å². The van der Waals surface area contributed by atoms with Gasteiger partial charge in [-0.25, -0.2) is 0 Å². The zero-order valence-electron chi connectivity index (χ0n) is 42.5. The maximum atomic E-state index is 12.8. The number of esters is 3. The highest BCUT2D eigenvalue weighted by Gasteiger charge is 2.19. The van der Waals surface area contributed by atoms with Gasteiger partial charge in [0, 0.05) is 19.3 Å². The summed E-state index contributed by atoms with van der Waals surface area (Å²) in [6, 6.07) is 0. The first-order valence-corrected chi connectivity index (χ1v) is 27.1. The molecular weight excluding hydrogens is 805 g/mol. The Kier molecular flexibility index (Phi) is 50.4. The van der Waals surface area contributed by atoms with Crippen molar-refractivity contribution in [2.24, 2.45) is 0 Å². The van der Waals surface area contributed by atoms with Crippen molar-refractivity contribution in [3.63, 3.8) is 0 Å². The van der Waals surface area contributed by atoms with Gasteiger partial charge in [-0.15, -0.1) is 0 Å². The molecular formula is C59H100O6. The molecule has 0 N–H and O–H groups in total. The molecule has 0 saturated carbocycles. The van der Waals surface area contributed by atoms with Crippen LogP contribution in [0.25, 0.3) is 0 Å². The van der Waals surface area contributed by atoms with E-state index in [4.69, 9.17) is 14.2 Å². The summed E-state index contributed by atoms with van der Waals surface area (Å²) in [7, 11) is 0. The lowest BCUT2D eigenvalue weighted by Gasteiger charge is -2.18. The van der Waals surface area contributed by atoms with Gasteiger partial charge in [0.15, 0.2) is 6.10 Å². The SMILES string of the molecule is CCCCC/C=C\C/C=C\C/C=C\C/C=C\C/C=C\CCC(=O)OC[C@H](COC(=O)CCCCCCCCC/C=C\C/C=C\CCCCC)OC(=O)CCCCCCCCCCCCC. The van der Waals surface area contributed by atoms with Crippen LogP contribution in [0.4, 0.5) is 0 Å². The van der Waals surface area contributed by atoms with Crippen LogP contribution in [-0.2, 0) is 28.6 Å². The molecule has 0 aliphatic heterocycles. The van der Waals surface area contributed by atoms with Crippen LogP contribution in [0.3, 0.4) is 0 Å². The van der Waals surface area contributed by atoms with Crippen LogP contribution >= 0.6 is 0 Å². The third kappa shape index (κ3) is 51.4. The maximum absolute atomic E-state index is 12.8. The van der Waals surface area contributed by atoms with E-state index >= 15 is 0 Å². The van der Waals surface area contributed by atoms with Crippen molar-refractivity contribution in [3.8, 4) is 0 Å². The smallest absolute Gasteiger partial charge is 0.306 e. The molecule has 372 valence electrons. The second-order valence-electron chi connectivity index (χ2n) is 17.8. The Bertz CT molecular complexity index is 1270. The number of carbonyl (C=O) groups excluding carboxylic acids is 3. The first kappa shape index (κ1) is 61.6. The first-order valence-electron chi connectivity index (χ1n) is 27.1. The first-order chi connectivity index (χ1) is 32.0. The third-order valence-electron chi connectivity index (χ3n) is 11.4. The molecule has 0 heterocycles. The quantitative estimate of drug-likeness (QED) is 0.0262. The highest BCUT2D eigenvalue weighted by atomic mass is 16.6. The summed E-state index contributed by atoms with van der Waals surface area (Å²) >= 11 is 0. The van der Waals surface area contributed by atoms with E-state index in [2.05, 4.69) is 99.8 Å². The van der Waals surface area contributed by atoms with E-state index < -0.39 is 6.10 Å². The lowest BCUT2D eigenvalue weighted by atomic mass is 10.1. The van der Waals surface area contributed by atoms with E-state index in [0.29, 0.717) is 19.3 Å². The number of rotatable bonds is 48. The molecule has 0 fully saturated rings. The highest BCUT2D eigenvalue weighted by molar-refractivity contribution is 5.71. The van der Waals surface area contributed by atoms with Gasteiger partial charge < -0.3 is 14.2 Å². The highest BCUT2D eigenvalue weighted by Crippen LogP contribution is 2.14. The molecule has 6 heteroatoms. The van der Waals surface area contributed by atoms with Crippen LogP contribution in [-0.4, -0.2) is 37.2 Å². The summed E-state index contributed by atoms with van der Waals surface area (Å²) < 4.78 is 16.7. The van der Waals surface area contributed by atoms with E-state index in [0.717, 1.165) is 77.0 Å². The zero-order valence-corrected chi connectivity index (χ0v) is 42.5. The predicted molar refractivity (Wildman–Crippen MR) is 279 cm³/mol. The number of carbonyl (C=O) groups is 3. The average Bonchev–Trinajstić information content (AvgIpc) is 3.30. The summed E-state index contributed by atoms with van der Waals surface area (Å²) in [5.41, 5.74) is 0. The Balaban J connectivity index is 4.46. The molecule has 1 atom stereocenters. The van der Waals surface area contributed by atoms with Gasteiger partial charge in [-0.2, -0.15) is 0 Å². The molecule has 65 heavy (non-hydrogen) atoms. The molecule has 0 radical (unpaired) electrons. The van der Waals surface area contributed by atoms with Crippen LogP contribution in [0.1, 0.15) is 252 Å². The molecule has 0 spiro atoms. The van der Waals surface area contributed by atoms with Crippen molar-refractivity contribution in [1.29, 1.82) is 0 Å². The Morgan fingerprint density at radius 2 is 0.585 bits per heavy atom. The Hall–Kier alpha value is -3.41. The van der Waals surface area contributed by atoms with Crippen molar-refractivity contribution >= 4 is 17.9 Å². The lowest BCUT2D eigenvalue weighted by Crippen LogP contribution is -2.30. The van der Waals surface area contributed by atoms with Gasteiger partial charge in [-0.3, -0.25) is 14.4 Å². The summed E-state index contributed by atoms with van der Waals surface area (Å²) in [5, 5.41) is 0. The number of hydrogen-bond acceptors (Lipinski definition) is 6. The molecule has 0 amide bonds. The summed E-state index contributed by atoms with van der Waals surface area (Å²) in [6.07, 6.45) is 68.6. The minimum absolute atomic E-state index is 0.102. The molecule has 0 rings (SSSR count). The van der Waals surface area contributed by atoms with Crippen LogP contribution in [0.15, 0.2) is 85.1 Å². The zero-order chi connectivity index (χ0) is 47.2. The fourth-order valence-corrected chi connectivity index (χ4v) is 7.28. The van der Waals surface area contributed by atoms with Gasteiger partial charge in [-0.05, 0) is 89.9 Å². The van der Waals surface area contributed by atoms with E-state index in [1.807, 2.05) is 6.08 Å². The second kappa shape index (κ2) is 53.2. The number of hydrogen-bond donors (Lipinski definition) is 0. The molecule has 0 saturated heterocycles. The Morgan fingerprint density at radius 3 is 0.985 bits per heavy atom. The number of ether oxygens (including phenoxy) is 3. The van der Waals surface area contributed by atoms with Crippen LogP contribution in [0.5, 0.6) is 0 Å². The van der Waals surface area contributed by atoms with Crippen LogP contribution in [0, 0.1) is 0 Å². The largest absolute Gasteiger partial charge is 0.462 e. The third-order valence-corrected chi connectivity index (χ3v) is 11.4.